The topological polar surface area (TPSA) is 47.6 Å². The van der Waals surface area contributed by atoms with Gasteiger partial charge in [-0.1, -0.05) is 32.4 Å². The van der Waals surface area contributed by atoms with Crippen LogP contribution in [0, 0.1) is 6.92 Å². The lowest BCUT2D eigenvalue weighted by molar-refractivity contribution is -0.137. The summed E-state index contributed by atoms with van der Waals surface area (Å²) in [7, 11) is -2.06. The number of hydrogen-bond acceptors (Lipinski definition) is 3. The zero-order valence-electron chi connectivity index (χ0n) is 16.0. The Balaban J connectivity index is 2.25. The molecule has 0 saturated carbocycles. The SMILES string of the molecule is Cc1cc([C@H]2OC(=O)N[C@H]2CO[Si](C)(C)C(C)(C)C)cc(C(F)(F)F)c1. The lowest BCUT2D eigenvalue weighted by Gasteiger charge is -2.37. The molecule has 1 aromatic rings. The van der Waals surface area contributed by atoms with Gasteiger partial charge in [0.2, 0.25) is 0 Å². The predicted octanol–water partition coefficient (Wildman–Crippen LogP) is 5.19. The Morgan fingerprint density at radius 2 is 1.81 bits per heavy atom. The molecule has 0 radical (unpaired) electrons. The summed E-state index contributed by atoms with van der Waals surface area (Å²) in [6, 6.07) is 3.20. The summed E-state index contributed by atoms with van der Waals surface area (Å²) in [4.78, 5) is 11.7. The highest BCUT2D eigenvalue weighted by Gasteiger charge is 2.42. The van der Waals surface area contributed by atoms with Crippen LogP contribution in [0.4, 0.5) is 18.0 Å². The Morgan fingerprint density at radius 3 is 2.35 bits per heavy atom. The second-order valence-corrected chi connectivity index (χ2v) is 13.1. The van der Waals surface area contributed by atoms with Gasteiger partial charge in [-0.25, -0.2) is 4.79 Å². The number of amides is 1. The number of alkyl halides is 3. The molecular weight excluding hydrogens is 363 g/mol. The average Bonchev–Trinajstić information content (AvgIpc) is 2.83. The van der Waals surface area contributed by atoms with E-state index in [1.165, 1.54) is 0 Å². The number of alkyl carbamates (subject to hydrolysis) is 1. The normalized spacial score (nSPS) is 21.5. The molecule has 2 atom stereocenters. The van der Waals surface area contributed by atoms with Crippen LogP contribution in [0.3, 0.4) is 0 Å². The monoisotopic (exact) mass is 389 g/mol. The third-order valence-corrected chi connectivity index (χ3v) is 9.59. The van der Waals surface area contributed by atoms with E-state index in [1.807, 2.05) is 0 Å². The van der Waals surface area contributed by atoms with Crippen LogP contribution in [-0.4, -0.2) is 27.1 Å². The van der Waals surface area contributed by atoms with Gasteiger partial charge in [-0.3, -0.25) is 0 Å². The van der Waals surface area contributed by atoms with Gasteiger partial charge in [-0.2, -0.15) is 13.2 Å². The van der Waals surface area contributed by atoms with Crippen molar-refractivity contribution in [2.75, 3.05) is 6.61 Å². The lowest BCUT2D eigenvalue weighted by Crippen LogP contribution is -2.45. The van der Waals surface area contributed by atoms with E-state index in [9.17, 15) is 18.0 Å². The molecule has 1 aromatic carbocycles. The van der Waals surface area contributed by atoms with Crippen molar-refractivity contribution in [1.82, 2.24) is 5.32 Å². The second-order valence-electron chi connectivity index (χ2n) is 8.28. The largest absolute Gasteiger partial charge is 0.439 e. The van der Waals surface area contributed by atoms with E-state index >= 15 is 0 Å². The van der Waals surface area contributed by atoms with Crippen molar-refractivity contribution in [2.45, 2.75) is 64.1 Å². The summed E-state index contributed by atoms with van der Waals surface area (Å²) in [6.07, 6.45) is -5.91. The van der Waals surface area contributed by atoms with Crippen LogP contribution in [0.1, 0.15) is 43.6 Å². The molecule has 146 valence electrons. The van der Waals surface area contributed by atoms with E-state index in [0.29, 0.717) is 11.1 Å². The quantitative estimate of drug-likeness (QED) is 0.722. The number of ether oxygens (including phenoxy) is 1. The Morgan fingerprint density at radius 1 is 1.19 bits per heavy atom. The predicted molar refractivity (Wildman–Crippen MR) is 95.5 cm³/mol. The second kappa shape index (κ2) is 6.88. The number of cyclic esters (lactones) is 1. The third kappa shape index (κ3) is 4.59. The maximum absolute atomic E-state index is 13.1. The first-order valence-electron chi connectivity index (χ1n) is 8.50. The van der Waals surface area contributed by atoms with Gasteiger partial charge in [-0.05, 0) is 42.8 Å². The van der Waals surface area contributed by atoms with Crippen LogP contribution in [0.2, 0.25) is 18.1 Å². The Kier molecular flexibility index (Phi) is 5.50. The molecule has 1 aliphatic rings. The zero-order valence-corrected chi connectivity index (χ0v) is 17.0. The van der Waals surface area contributed by atoms with Gasteiger partial charge in [0.15, 0.2) is 14.4 Å². The van der Waals surface area contributed by atoms with E-state index in [4.69, 9.17) is 9.16 Å². The highest BCUT2D eigenvalue weighted by atomic mass is 28.4. The molecule has 1 heterocycles. The van der Waals surface area contributed by atoms with Crippen LogP contribution < -0.4 is 5.32 Å². The van der Waals surface area contributed by atoms with E-state index in [-0.39, 0.29) is 11.6 Å². The number of carbonyl (C=O) groups excluding carboxylic acids is 1. The van der Waals surface area contributed by atoms with Crippen LogP contribution >= 0.6 is 0 Å². The standard InChI is InChI=1S/C18H26F3NO3Si/c1-11-7-12(9-13(8-11)18(19,20)21)15-14(22-16(23)25-15)10-24-26(5,6)17(2,3)4/h7-9,14-15H,10H2,1-6H3,(H,22,23)/t14-,15+/m0/s1. The minimum absolute atomic E-state index is 0.0151. The fraction of sp³-hybridized carbons (Fsp3) is 0.611. The van der Waals surface area contributed by atoms with E-state index in [2.05, 4.69) is 39.2 Å². The van der Waals surface area contributed by atoms with Crippen molar-refractivity contribution in [3.05, 3.63) is 34.9 Å². The van der Waals surface area contributed by atoms with Gasteiger partial charge >= 0.3 is 12.3 Å². The lowest BCUT2D eigenvalue weighted by atomic mass is 9.98. The summed E-state index contributed by atoms with van der Waals surface area (Å²) < 4.78 is 50.7. The van der Waals surface area contributed by atoms with Gasteiger partial charge in [0.1, 0.15) is 0 Å². The van der Waals surface area contributed by atoms with Crippen molar-refractivity contribution in [2.24, 2.45) is 0 Å². The number of nitrogens with one attached hydrogen (secondary N) is 1. The Bertz CT molecular complexity index is 683. The molecule has 26 heavy (non-hydrogen) atoms. The van der Waals surface area contributed by atoms with E-state index in [1.54, 1.807) is 13.0 Å². The highest BCUT2D eigenvalue weighted by molar-refractivity contribution is 6.74. The average molecular weight is 389 g/mol. The van der Waals surface area contributed by atoms with Crippen molar-refractivity contribution in [1.29, 1.82) is 0 Å². The van der Waals surface area contributed by atoms with Crippen molar-refractivity contribution in [3.8, 4) is 0 Å². The molecule has 0 spiro atoms. The van der Waals surface area contributed by atoms with Gasteiger partial charge < -0.3 is 14.5 Å². The highest BCUT2D eigenvalue weighted by Crippen LogP contribution is 2.38. The van der Waals surface area contributed by atoms with Crippen LogP contribution in [0.25, 0.3) is 0 Å². The Hall–Kier alpha value is -1.54. The minimum Gasteiger partial charge on any atom is -0.439 e. The molecule has 1 aliphatic heterocycles. The van der Waals surface area contributed by atoms with Gasteiger partial charge in [0, 0.05) is 0 Å². The first-order valence-corrected chi connectivity index (χ1v) is 11.4. The maximum Gasteiger partial charge on any atom is 0.416 e. The van der Waals surface area contributed by atoms with Gasteiger partial charge in [0.25, 0.3) is 0 Å². The third-order valence-electron chi connectivity index (χ3n) is 5.09. The molecule has 0 unspecified atom stereocenters. The first kappa shape index (κ1) is 20.8. The van der Waals surface area contributed by atoms with Crippen molar-refractivity contribution in [3.63, 3.8) is 0 Å². The molecular formula is C18H26F3NO3Si. The molecule has 8 heteroatoms. The first-order chi connectivity index (χ1) is 11.7. The van der Waals surface area contributed by atoms with Crippen molar-refractivity contribution >= 4 is 14.4 Å². The van der Waals surface area contributed by atoms with E-state index < -0.39 is 38.3 Å². The maximum atomic E-state index is 13.1. The van der Waals surface area contributed by atoms with Crippen LogP contribution in [-0.2, 0) is 15.3 Å². The van der Waals surface area contributed by atoms with E-state index in [0.717, 1.165) is 12.1 Å². The Labute approximate surface area is 153 Å². The smallest absolute Gasteiger partial charge is 0.416 e. The number of halogens is 3. The summed E-state index contributed by atoms with van der Waals surface area (Å²) in [5, 5.41) is 2.64. The fourth-order valence-corrected chi connectivity index (χ4v) is 3.57. The summed E-state index contributed by atoms with van der Waals surface area (Å²) in [6.45, 7) is 12.2. The molecule has 2 rings (SSSR count). The van der Waals surface area contributed by atoms with Crippen LogP contribution in [0.5, 0.6) is 0 Å². The summed E-state index contributed by atoms with van der Waals surface area (Å²) in [5.41, 5.74) is 0.0286. The number of benzene rings is 1. The number of rotatable bonds is 4. The molecule has 1 saturated heterocycles. The molecule has 0 aromatic heterocycles. The van der Waals surface area contributed by atoms with Gasteiger partial charge in [0.05, 0.1) is 18.2 Å². The molecule has 4 nitrogen and oxygen atoms in total. The molecule has 1 N–H and O–H groups in total. The minimum atomic E-state index is -4.45. The number of carbonyl (C=O) groups is 1. The summed E-state index contributed by atoms with van der Waals surface area (Å²) >= 11 is 0. The molecule has 1 amide bonds. The van der Waals surface area contributed by atoms with Crippen molar-refractivity contribution < 1.29 is 27.1 Å². The summed E-state index contributed by atoms with van der Waals surface area (Å²) in [5.74, 6) is 0. The molecule has 1 fully saturated rings. The number of hydrogen-bond donors (Lipinski definition) is 1. The zero-order chi connectivity index (χ0) is 19.9. The fourth-order valence-electron chi connectivity index (χ4n) is 2.54. The van der Waals surface area contributed by atoms with Crippen LogP contribution in [0.15, 0.2) is 18.2 Å². The molecule has 0 aliphatic carbocycles. The van der Waals surface area contributed by atoms with Gasteiger partial charge in [-0.15, -0.1) is 0 Å². The number of aryl methyl sites for hydroxylation is 1. The molecule has 0 bridgehead atoms.